The quantitative estimate of drug-likeness (QED) is 0.523. The van der Waals surface area contributed by atoms with Crippen molar-refractivity contribution in [3.63, 3.8) is 0 Å². The molecule has 0 N–H and O–H groups in total. The van der Waals surface area contributed by atoms with Crippen molar-refractivity contribution in [3.8, 4) is 0 Å². The molecule has 0 saturated heterocycles. The Bertz CT molecular complexity index is 62.0. The summed E-state index contributed by atoms with van der Waals surface area (Å²) in [5.74, 6) is 0. The van der Waals surface area contributed by atoms with Crippen LogP contribution in [0.1, 0.15) is 4.11 Å². The van der Waals surface area contributed by atoms with Gasteiger partial charge in [-0.25, -0.2) is 0 Å². The minimum absolute atomic E-state index is 0.233. The summed E-state index contributed by atoms with van der Waals surface area (Å²) < 4.78 is 23.9. The first-order valence-corrected chi connectivity index (χ1v) is 2.38. The fraction of sp³-hybridized carbons (Fsp3) is 1.00. The van der Waals surface area contributed by atoms with Gasteiger partial charge in [0.25, 0.3) is 0 Å². The zero-order valence-electron chi connectivity index (χ0n) is 5.70. The van der Waals surface area contributed by atoms with Crippen molar-refractivity contribution in [2.75, 3.05) is 19.0 Å². The van der Waals surface area contributed by atoms with Gasteiger partial charge in [-0.05, 0) is 0 Å². The topological polar surface area (TPSA) is 9.23 Å². The standard InChI is InChI=1S/C3H7BrO/c1-5-3-2-4/h2-3H2,1H3/i1D3. The van der Waals surface area contributed by atoms with Crippen LogP contribution in [-0.2, 0) is 4.74 Å². The molecule has 0 aliphatic heterocycles. The van der Waals surface area contributed by atoms with Crippen LogP contribution in [0.15, 0.2) is 0 Å². The van der Waals surface area contributed by atoms with E-state index in [1.54, 1.807) is 0 Å². The van der Waals surface area contributed by atoms with Gasteiger partial charge in [-0.3, -0.25) is 0 Å². The second-order valence-corrected chi connectivity index (χ2v) is 1.33. The first kappa shape index (κ1) is 1.94. The third-order valence-electron chi connectivity index (χ3n) is 0.179. The van der Waals surface area contributed by atoms with Crippen LogP contribution in [0, 0.1) is 0 Å². The van der Waals surface area contributed by atoms with Crippen LogP contribution in [-0.4, -0.2) is 19.0 Å². The zero-order valence-corrected chi connectivity index (χ0v) is 4.29. The Morgan fingerprint density at radius 2 is 3.00 bits per heavy atom. The summed E-state index contributed by atoms with van der Waals surface area (Å²) in [7, 11) is -2.23. The minimum Gasteiger partial charge on any atom is -0.384 e. The van der Waals surface area contributed by atoms with Crippen molar-refractivity contribution >= 4 is 15.9 Å². The first-order chi connectivity index (χ1) is 3.56. The summed E-state index contributed by atoms with van der Waals surface area (Å²) in [4.78, 5) is 0. The van der Waals surface area contributed by atoms with Crippen molar-refractivity contribution in [2.45, 2.75) is 0 Å². The van der Waals surface area contributed by atoms with Gasteiger partial charge in [0.15, 0.2) is 0 Å². The predicted octanol–water partition coefficient (Wildman–Crippen LogP) is 1.03. The zero-order chi connectivity index (χ0) is 6.62. The summed E-state index contributed by atoms with van der Waals surface area (Å²) in [5.41, 5.74) is 0. The molecule has 0 rings (SSSR count). The first-order valence-electron chi connectivity index (χ1n) is 2.76. The number of hydrogen-bond donors (Lipinski definition) is 0. The molecule has 32 valence electrons. The highest BCUT2D eigenvalue weighted by Gasteiger charge is 1.68. The maximum absolute atomic E-state index is 6.53. The lowest BCUT2D eigenvalue weighted by Crippen LogP contribution is -1.85. The van der Waals surface area contributed by atoms with Crippen LogP contribution in [0.3, 0.4) is 0 Å². The number of rotatable bonds is 2. The maximum atomic E-state index is 6.53. The van der Waals surface area contributed by atoms with Crippen molar-refractivity contribution in [3.05, 3.63) is 0 Å². The molecule has 0 fully saturated rings. The van der Waals surface area contributed by atoms with Gasteiger partial charge in [-0.2, -0.15) is 0 Å². The summed E-state index contributed by atoms with van der Waals surface area (Å²) in [6, 6.07) is 0. The third-order valence-corrected chi connectivity index (χ3v) is 0.503. The summed E-state index contributed by atoms with van der Waals surface area (Å²) in [5, 5.41) is 0.561. The Kier molecular flexibility index (Phi) is 1.72. The molecule has 1 nitrogen and oxygen atoms in total. The Labute approximate surface area is 44.7 Å². The van der Waals surface area contributed by atoms with Crippen molar-refractivity contribution in [1.82, 2.24) is 0 Å². The fourth-order valence-electron chi connectivity index (χ4n) is 0.0386. The molecule has 5 heavy (non-hydrogen) atoms. The molecule has 0 atom stereocenters. The minimum atomic E-state index is -2.23. The van der Waals surface area contributed by atoms with Crippen molar-refractivity contribution < 1.29 is 8.85 Å². The molecule has 0 aliphatic rings. The van der Waals surface area contributed by atoms with E-state index in [1.807, 2.05) is 0 Å². The van der Waals surface area contributed by atoms with E-state index < -0.39 is 7.04 Å². The highest BCUT2D eigenvalue weighted by Crippen LogP contribution is 1.75. The van der Waals surface area contributed by atoms with Gasteiger partial charge in [0.1, 0.15) is 0 Å². The average molecular weight is 142 g/mol. The van der Waals surface area contributed by atoms with Crippen LogP contribution in [0.2, 0.25) is 0 Å². The van der Waals surface area contributed by atoms with Crippen LogP contribution in [0.25, 0.3) is 0 Å². The number of ether oxygens (including phenoxy) is 1. The second kappa shape index (κ2) is 4.44. The predicted molar refractivity (Wildman–Crippen MR) is 25.7 cm³/mol. The number of methoxy groups -OCH3 is 1. The van der Waals surface area contributed by atoms with E-state index in [-0.39, 0.29) is 6.61 Å². The lowest BCUT2D eigenvalue weighted by Gasteiger charge is -1.83. The molecular weight excluding hydrogens is 132 g/mol. The van der Waals surface area contributed by atoms with Gasteiger partial charge in [0.05, 0.1) is 10.7 Å². The van der Waals surface area contributed by atoms with E-state index in [4.69, 9.17) is 4.11 Å². The van der Waals surface area contributed by atoms with Crippen molar-refractivity contribution in [1.29, 1.82) is 0 Å². The molecule has 0 heterocycles. The average Bonchev–Trinajstić information content (AvgIpc) is 1.59. The highest BCUT2D eigenvalue weighted by atomic mass is 79.9. The molecule has 0 aromatic carbocycles. The van der Waals surface area contributed by atoms with E-state index in [1.165, 1.54) is 0 Å². The molecular formula is C3H7BrO. The molecule has 0 aliphatic carbocycles. The summed E-state index contributed by atoms with van der Waals surface area (Å²) in [6.45, 7) is 0.233. The van der Waals surface area contributed by atoms with Gasteiger partial charge in [0, 0.05) is 12.4 Å². The van der Waals surface area contributed by atoms with E-state index in [9.17, 15) is 0 Å². The number of halogens is 1. The van der Waals surface area contributed by atoms with Crippen molar-refractivity contribution in [2.24, 2.45) is 0 Å². The van der Waals surface area contributed by atoms with Gasteiger partial charge >= 0.3 is 0 Å². The lowest BCUT2D eigenvalue weighted by atomic mass is 10.9. The Morgan fingerprint density at radius 3 is 3.20 bits per heavy atom. The highest BCUT2D eigenvalue weighted by molar-refractivity contribution is 9.09. The fourth-order valence-corrected chi connectivity index (χ4v) is 0.200. The van der Waals surface area contributed by atoms with Crippen LogP contribution in [0.4, 0.5) is 0 Å². The Morgan fingerprint density at radius 1 is 2.20 bits per heavy atom. The molecule has 0 aromatic heterocycles. The van der Waals surface area contributed by atoms with Gasteiger partial charge in [-0.1, -0.05) is 15.9 Å². The SMILES string of the molecule is [2H]C([2H])([2H])OCCBr. The number of alkyl halides is 1. The Hall–Kier alpha value is 0.440. The molecule has 0 saturated carbocycles. The van der Waals surface area contributed by atoms with E-state index in [0.29, 0.717) is 5.33 Å². The maximum Gasteiger partial charge on any atom is 0.0559 e. The molecule has 2 heteroatoms. The molecule has 0 aromatic rings. The summed E-state index contributed by atoms with van der Waals surface area (Å²) in [6.07, 6.45) is 0. The van der Waals surface area contributed by atoms with Crippen LogP contribution in [0.5, 0.6) is 0 Å². The Balaban J connectivity index is 3.11. The normalized spacial score (nSPS) is 19.8. The van der Waals surface area contributed by atoms with E-state index >= 15 is 0 Å². The third kappa shape index (κ3) is 4.44. The molecule has 0 spiro atoms. The van der Waals surface area contributed by atoms with Gasteiger partial charge in [-0.15, -0.1) is 0 Å². The molecule has 0 unspecified atom stereocenters. The van der Waals surface area contributed by atoms with E-state index in [2.05, 4.69) is 20.7 Å². The largest absolute Gasteiger partial charge is 0.384 e. The monoisotopic (exact) mass is 141 g/mol. The second-order valence-electron chi connectivity index (χ2n) is 0.537. The molecule has 0 radical (unpaired) electrons. The van der Waals surface area contributed by atoms with E-state index in [0.717, 1.165) is 0 Å². The van der Waals surface area contributed by atoms with Crippen LogP contribution < -0.4 is 0 Å². The lowest BCUT2D eigenvalue weighted by molar-refractivity contribution is 0.219. The summed E-state index contributed by atoms with van der Waals surface area (Å²) >= 11 is 3.03. The number of hydrogen-bond acceptors (Lipinski definition) is 1. The smallest absolute Gasteiger partial charge is 0.0559 e. The van der Waals surface area contributed by atoms with Gasteiger partial charge in [0.2, 0.25) is 0 Å². The molecule has 0 amide bonds. The molecule has 0 bridgehead atoms. The van der Waals surface area contributed by atoms with Gasteiger partial charge < -0.3 is 4.74 Å². The van der Waals surface area contributed by atoms with Crippen LogP contribution >= 0.6 is 15.9 Å².